The Bertz CT molecular complexity index is 128. The van der Waals surface area contributed by atoms with Crippen LogP contribution in [0.15, 0.2) is 0 Å². The van der Waals surface area contributed by atoms with Crippen molar-refractivity contribution in [3.63, 3.8) is 0 Å². The van der Waals surface area contributed by atoms with E-state index in [1.165, 1.54) is 12.8 Å². The van der Waals surface area contributed by atoms with Gasteiger partial charge in [0.25, 0.3) is 0 Å². The Morgan fingerprint density at radius 3 is 2.09 bits per heavy atom. The molecule has 60 valence electrons. The summed E-state index contributed by atoms with van der Waals surface area (Å²) in [6, 6.07) is 1.38. The molecule has 11 heavy (non-hydrogen) atoms. The first-order valence-corrected chi connectivity index (χ1v) is 4.17. The van der Waals surface area contributed by atoms with Crippen molar-refractivity contribution < 1.29 is 5.11 Å². The molecular formula is C8H16LiNO. The van der Waals surface area contributed by atoms with E-state index < -0.39 is 0 Å². The van der Waals surface area contributed by atoms with Crippen molar-refractivity contribution in [1.82, 2.24) is 4.90 Å². The second-order valence-electron chi connectivity index (χ2n) is 3.68. The Hall–Kier alpha value is 0.517. The van der Waals surface area contributed by atoms with Gasteiger partial charge in [-0.25, -0.2) is 0 Å². The van der Waals surface area contributed by atoms with Crippen molar-refractivity contribution in [3.05, 3.63) is 0 Å². The van der Waals surface area contributed by atoms with Crippen LogP contribution in [0.4, 0.5) is 0 Å². The molecule has 0 saturated carbocycles. The van der Waals surface area contributed by atoms with Gasteiger partial charge in [-0.2, -0.15) is 0 Å². The Labute approximate surface area is 80.1 Å². The predicted octanol–water partition coefficient (Wildman–Crippen LogP) is -0.0446. The van der Waals surface area contributed by atoms with Gasteiger partial charge < -0.3 is 10.0 Å². The first kappa shape index (κ1) is 9.60. The number of fused-ring (bicyclic) bond motifs is 2. The van der Waals surface area contributed by atoms with Crippen LogP contribution in [0.25, 0.3) is 0 Å². The van der Waals surface area contributed by atoms with Crippen LogP contribution in [-0.2, 0) is 0 Å². The van der Waals surface area contributed by atoms with E-state index in [0.29, 0.717) is 12.1 Å². The van der Waals surface area contributed by atoms with Crippen molar-refractivity contribution in [2.75, 3.05) is 7.05 Å². The molecule has 3 atom stereocenters. The molecule has 2 rings (SSSR count). The van der Waals surface area contributed by atoms with Crippen LogP contribution >= 0.6 is 0 Å². The predicted molar refractivity (Wildman–Crippen MR) is 47.0 cm³/mol. The van der Waals surface area contributed by atoms with E-state index >= 15 is 0 Å². The van der Waals surface area contributed by atoms with Gasteiger partial charge in [0.05, 0.1) is 6.10 Å². The van der Waals surface area contributed by atoms with E-state index in [4.69, 9.17) is 0 Å². The van der Waals surface area contributed by atoms with Crippen LogP contribution in [0.1, 0.15) is 25.7 Å². The van der Waals surface area contributed by atoms with E-state index in [1.807, 2.05) is 0 Å². The molecule has 0 aliphatic carbocycles. The van der Waals surface area contributed by atoms with E-state index in [2.05, 4.69) is 11.9 Å². The van der Waals surface area contributed by atoms with E-state index in [-0.39, 0.29) is 25.0 Å². The average Bonchev–Trinajstić information content (AvgIpc) is 2.20. The summed E-state index contributed by atoms with van der Waals surface area (Å²) >= 11 is 0. The Kier molecular flexibility index (Phi) is 3.05. The van der Waals surface area contributed by atoms with Gasteiger partial charge in [0.15, 0.2) is 0 Å². The van der Waals surface area contributed by atoms with Gasteiger partial charge in [0.1, 0.15) is 0 Å². The fourth-order valence-corrected chi connectivity index (χ4v) is 2.38. The maximum absolute atomic E-state index is 9.38. The number of aliphatic hydroxyl groups is 1. The second-order valence-corrected chi connectivity index (χ2v) is 3.68. The average molecular weight is 149 g/mol. The van der Waals surface area contributed by atoms with Crippen molar-refractivity contribution in [2.24, 2.45) is 0 Å². The molecule has 0 aromatic carbocycles. The van der Waals surface area contributed by atoms with Crippen molar-refractivity contribution in [1.29, 1.82) is 0 Å². The van der Waals surface area contributed by atoms with Gasteiger partial charge in [-0.15, -0.1) is 0 Å². The third-order valence-corrected chi connectivity index (χ3v) is 3.07. The molecule has 2 heterocycles. The molecule has 0 spiro atoms. The monoisotopic (exact) mass is 149 g/mol. The molecule has 1 N–H and O–H groups in total. The summed E-state index contributed by atoms with van der Waals surface area (Å²) in [5, 5.41) is 9.38. The summed E-state index contributed by atoms with van der Waals surface area (Å²) in [6.07, 6.45) is 4.62. The molecule has 2 aliphatic rings. The quantitative estimate of drug-likeness (QED) is 0.488. The van der Waals surface area contributed by atoms with Gasteiger partial charge in [0, 0.05) is 12.1 Å². The maximum atomic E-state index is 9.38. The molecule has 0 aromatic heterocycles. The van der Waals surface area contributed by atoms with Gasteiger partial charge in [-0.1, -0.05) is 0 Å². The minimum atomic E-state index is -0.00583. The molecule has 2 fully saturated rings. The number of nitrogens with zero attached hydrogens (tertiary/aromatic N) is 1. The minimum absolute atomic E-state index is 0. The van der Waals surface area contributed by atoms with E-state index in [1.54, 1.807) is 0 Å². The van der Waals surface area contributed by atoms with Gasteiger partial charge in [0.2, 0.25) is 0 Å². The zero-order valence-electron chi connectivity index (χ0n) is 6.45. The van der Waals surface area contributed by atoms with Gasteiger partial charge in [-0.3, -0.25) is 0 Å². The molecule has 2 bridgehead atoms. The van der Waals surface area contributed by atoms with Gasteiger partial charge >= 0.3 is 18.9 Å². The summed E-state index contributed by atoms with van der Waals surface area (Å²) in [6.45, 7) is 0. The number of rotatable bonds is 0. The normalized spacial score (nSPS) is 43.6. The summed E-state index contributed by atoms with van der Waals surface area (Å²) < 4.78 is 0. The summed E-state index contributed by atoms with van der Waals surface area (Å²) in [7, 11) is 2.19. The van der Waals surface area contributed by atoms with Crippen LogP contribution in [0.2, 0.25) is 0 Å². The standard InChI is InChI=1S/C8H15NO.Li.H/c1-9-6-2-3-7(9)5-8(10)4-6;;/h6-8,10H,2-5H2,1H3;;/t6-,7+,8+;;. The fourth-order valence-electron chi connectivity index (χ4n) is 2.38. The first-order chi connectivity index (χ1) is 4.77. The molecule has 2 aliphatic heterocycles. The molecule has 2 nitrogen and oxygen atoms in total. The summed E-state index contributed by atoms with van der Waals surface area (Å²) in [5.74, 6) is 0. The van der Waals surface area contributed by atoms with Crippen molar-refractivity contribution in [3.8, 4) is 0 Å². The molecule has 0 radical (unpaired) electrons. The summed E-state index contributed by atoms with van der Waals surface area (Å²) in [4.78, 5) is 2.44. The Morgan fingerprint density at radius 2 is 1.64 bits per heavy atom. The van der Waals surface area contributed by atoms with Crippen LogP contribution in [-0.4, -0.2) is 54.1 Å². The number of hydrogen-bond acceptors (Lipinski definition) is 2. The van der Waals surface area contributed by atoms with Gasteiger partial charge in [-0.05, 0) is 32.7 Å². The fraction of sp³-hybridized carbons (Fsp3) is 1.00. The molecule has 0 aromatic rings. The van der Waals surface area contributed by atoms with Crippen LogP contribution in [0.5, 0.6) is 0 Å². The van der Waals surface area contributed by atoms with Crippen molar-refractivity contribution in [2.45, 2.75) is 43.9 Å². The topological polar surface area (TPSA) is 23.5 Å². The van der Waals surface area contributed by atoms with Crippen LogP contribution in [0, 0.1) is 0 Å². The molecule has 0 unspecified atom stereocenters. The molecule has 2 saturated heterocycles. The number of hydrogen-bond donors (Lipinski definition) is 1. The number of aliphatic hydroxyl groups excluding tert-OH is 1. The Balaban J connectivity index is 0.000000605. The zero-order chi connectivity index (χ0) is 7.14. The zero-order valence-corrected chi connectivity index (χ0v) is 6.45. The first-order valence-electron chi connectivity index (χ1n) is 4.17. The Morgan fingerprint density at radius 1 is 1.18 bits per heavy atom. The van der Waals surface area contributed by atoms with Crippen molar-refractivity contribution >= 4 is 18.9 Å². The van der Waals surface area contributed by atoms with E-state index in [0.717, 1.165) is 12.8 Å². The molecule has 0 amide bonds. The number of piperidine rings is 1. The third kappa shape index (κ3) is 1.65. The summed E-state index contributed by atoms with van der Waals surface area (Å²) in [5.41, 5.74) is 0. The van der Waals surface area contributed by atoms with E-state index in [9.17, 15) is 5.11 Å². The SMILES string of the molecule is CN1[C@@H]2CC[C@H]1C[C@@H](O)C2.[LiH]. The van der Waals surface area contributed by atoms with Crippen LogP contribution < -0.4 is 0 Å². The molecular weight excluding hydrogens is 133 g/mol. The second kappa shape index (κ2) is 3.49. The van der Waals surface area contributed by atoms with Crippen LogP contribution in [0.3, 0.4) is 0 Å². The third-order valence-electron chi connectivity index (χ3n) is 3.07. The molecule has 3 heteroatoms.